The van der Waals surface area contributed by atoms with Crippen LogP contribution in [0.2, 0.25) is 10.0 Å². The lowest BCUT2D eigenvalue weighted by Gasteiger charge is -2.27. The van der Waals surface area contributed by atoms with Crippen molar-refractivity contribution in [2.75, 3.05) is 0 Å². The third-order valence-corrected chi connectivity index (χ3v) is 4.43. The van der Waals surface area contributed by atoms with Crippen LogP contribution >= 0.6 is 23.2 Å². The number of amides is 1. The molecular weight excluding hydrogens is 295 g/mol. The highest BCUT2D eigenvalue weighted by Gasteiger charge is 2.33. The summed E-state index contributed by atoms with van der Waals surface area (Å²) in [6, 6.07) is 7.34. The molecule has 0 bridgehead atoms. The summed E-state index contributed by atoms with van der Waals surface area (Å²) in [7, 11) is 0. The first kappa shape index (κ1) is 16.8. The first-order valence-corrected chi connectivity index (χ1v) is 7.19. The molecule has 108 valence electrons. The summed E-state index contributed by atoms with van der Waals surface area (Å²) in [6.07, 6.45) is 0.747. The highest BCUT2D eigenvalue weighted by molar-refractivity contribution is 6.42. The minimum absolute atomic E-state index is 0.260. The number of rotatable bonds is 5. The Bertz CT molecular complexity index is 535. The fourth-order valence-corrected chi connectivity index (χ4v) is 2.15. The highest BCUT2D eigenvalue weighted by Crippen LogP contribution is 2.30. The summed E-state index contributed by atoms with van der Waals surface area (Å²) in [6.45, 7) is 6.04. The van der Waals surface area contributed by atoms with E-state index < -0.39 is 5.92 Å². The van der Waals surface area contributed by atoms with Crippen molar-refractivity contribution in [1.29, 1.82) is 5.26 Å². The zero-order chi connectivity index (χ0) is 15.3. The topological polar surface area (TPSA) is 52.9 Å². The van der Waals surface area contributed by atoms with Gasteiger partial charge in [-0.3, -0.25) is 4.79 Å². The van der Waals surface area contributed by atoms with E-state index in [9.17, 15) is 10.1 Å². The molecule has 1 aromatic carbocycles. The average Bonchev–Trinajstić information content (AvgIpc) is 2.41. The maximum Gasteiger partial charge on any atom is 0.238 e. The summed E-state index contributed by atoms with van der Waals surface area (Å²) >= 11 is 12.0. The highest BCUT2D eigenvalue weighted by atomic mass is 35.5. The van der Waals surface area contributed by atoms with Crippen LogP contribution < -0.4 is 5.32 Å². The number of carbonyl (C=O) groups is 1. The molecule has 1 atom stereocenters. The van der Waals surface area contributed by atoms with Crippen LogP contribution in [0.25, 0.3) is 0 Å². The minimum atomic E-state index is -0.689. The van der Waals surface area contributed by atoms with Crippen molar-refractivity contribution in [2.45, 2.75) is 33.7 Å². The molecule has 0 heterocycles. The van der Waals surface area contributed by atoms with Gasteiger partial charge in [-0.15, -0.1) is 0 Å². The number of halogens is 2. The molecule has 0 aliphatic carbocycles. The Kier molecular flexibility index (Phi) is 5.86. The van der Waals surface area contributed by atoms with Crippen molar-refractivity contribution in [1.82, 2.24) is 5.32 Å². The minimum Gasteiger partial charge on any atom is -0.351 e. The van der Waals surface area contributed by atoms with E-state index in [1.165, 1.54) is 0 Å². The lowest BCUT2D eigenvalue weighted by atomic mass is 9.77. The normalized spacial score (nSPS) is 12.6. The van der Waals surface area contributed by atoms with Gasteiger partial charge in [-0.1, -0.05) is 56.1 Å². The van der Waals surface area contributed by atoms with Crippen molar-refractivity contribution >= 4 is 29.1 Å². The molecule has 0 fully saturated rings. The van der Waals surface area contributed by atoms with Gasteiger partial charge in [0.1, 0.15) is 5.92 Å². The smallest absolute Gasteiger partial charge is 0.238 e. The van der Waals surface area contributed by atoms with Gasteiger partial charge in [-0.2, -0.15) is 5.26 Å². The van der Waals surface area contributed by atoms with Crippen LogP contribution in [0.15, 0.2) is 18.2 Å². The lowest BCUT2D eigenvalue weighted by molar-refractivity contribution is -0.126. The predicted molar refractivity (Wildman–Crippen MR) is 81.5 cm³/mol. The second-order valence-electron chi connectivity index (χ2n) is 5.33. The van der Waals surface area contributed by atoms with Crippen molar-refractivity contribution < 1.29 is 4.79 Å². The molecule has 1 amide bonds. The van der Waals surface area contributed by atoms with E-state index >= 15 is 0 Å². The van der Waals surface area contributed by atoms with Crippen LogP contribution in [-0.2, 0) is 11.3 Å². The van der Waals surface area contributed by atoms with Gasteiger partial charge < -0.3 is 5.32 Å². The number of nitrogens with one attached hydrogen (secondary N) is 1. The Morgan fingerprint density at radius 1 is 1.45 bits per heavy atom. The zero-order valence-electron chi connectivity index (χ0n) is 11.8. The molecule has 0 saturated heterocycles. The van der Waals surface area contributed by atoms with E-state index in [2.05, 4.69) is 11.4 Å². The SMILES string of the molecule is CCC(C)(C)C(C#N)C(=O)NCc1cccc(Cl)c1Cl. The Morgan fingerprint density at radius 2 is 2.10 bits per heavy atom. The van der Waals surface area contributed by atoms with Gasteiger partial charge in [0.15, 0.2) is 0 Å². The molecule has 0 aliphatic rings. The molecular formula is C15H18Cl2N2O. The van der Waals surface area contributed by atoms with E-state index in [0.29, 0.717) is 10.0 Å². The van der Waals surface area contributed by atoms with Crippen LogP contribution in [0.5, 0.6) is 0 Å². The first-order chi connectivity index (χ1) is 9.33. The van der Waals surface area contributed by atoms with Gasteiger partial charge in [0.25, 0.3) is 0 Å². The molecule has 0 aromatic heterocycles. The molecule has 0 aliphatic heterocycles. The van der Waals surface area contributed by atoms with Crippen LogP contribution in [-0.4, -0.2) is 5.91 Å². The van der Waals surface area contributed by atoms with Gasteiger partial charge in [-0.05, 0) is 23.5 Å². The number of nitriles is 1. The van der Waals surface area contributed by atoms with E-state index in [4.69, 9.17) is 23.2 Å². The molecule has 1 rings (SSSR count). The fraction of sp³-hybridized carbons (Fsp3) is 0.467. The summed E-state index contributed by atoms with van der Waals surface area (Å²) in [5.41, 5.74) is 0.371. The van der Waals surface area contributed by atoms with E-state index in [1.807, 2.05) is 20.8 Å². The van der Waals surface area contributed by atoms with Gasteiger partial charge in [0.2, 0.25) is 5.91 Å². The molecule has 20 heavy (non-hydrogen) atoms. The maximum absolute atomic E-state index is 12.1. The molecule has 0 radical (unpaired) electrons. The van der Waals surface area contributed by atoms with Crippen molar-refractivity contribution in [3.8, 4) is 6.07 Å². The molecule has 0 saturated carbocycles. The average molecular weight is 313 g/mol. The van der Waals surface area contributed by atoms with Crippen LogP contribution in [0.1, 0.15) is 32.8 Å². The summed E-state index contributed by atoms with van der Waals surface area (Å²) in [5, 5.41) is 12.8. The first-order valence-electron chi connectivity index (χ1n) is 6.43. The maximum atomic E-state index is 12.1. The summed E-state index contributed by atoms with van der Waals surface area (Å²) in [5.74, 6) is -0.971. The Labute approximate surface area is 129 Å². The lowest BCUT2D eigenvalue weighted by Crippen LogP contribution is -2.38. The fourth-order valence-electron chi connectivity index (χ4n) is 1.76. The van der Waals surface area contributed by atoms with E-state index in [0.717, 1.165) is 12.0 Å². The Hall–Kier alpha value is -1.24. The number of hydrogen-bond donors (Lipinski definition) is 1. The largest absolute Gasteiger partial charge is 0.351 e. The van der Waals surface area contributed by atoms with Crippen LogP contribution in [0.4, 0.5) is 0 Å². The summed E-state index contributed by atoms with van der Waals surface area (Å²) in [4.78, 5) is 12.1. The standard InChI is InChI=1S/C15H18Cl2N2O/c1-4-15(2,3)11(8-18)14(20)19-9-10-6-5-7-12(16)13(10)17/h5-7,11H,4,9H2,1-3H3,(H,19,20). The number of nitrogens with zero attached hydrogens (tertiary/aromatic N) is 1. The predicted octanol–water partition coefficient (Wildman–Crippen LogP) is 4.19. The van der Waals surface area contributed by atoms with Crippen LogP contribution in [0.3, 0.4) is 0 Å². The van der Waals surface area contributed by atoms with Gasteiger partial charge >= 0.3 is 0 Å². The number of hydrogen-bond acceptors (Lipinski definition) is 2. The third kappa shape index (κ3) is 3.88. The molecule has 1 aromatic rings. The molecule has 1 unspecified atom stereocenters. The molecule has 3 nitrogen and oxygen atoms in total. The zero-order valence-corrected chi connectivity index (χ0v) is 13.3. The second-order valence-corrected chi connectivity index (χ2v) is 6.12. The third-order valence-electron chi connectivity index (χ3n) is 3.57. The Balaban J connectivity index is 2.77. The van der Waals surface area contributed by atoms with E-state index in [1.54, 1.807) is 18.2 Å². The number of carbonyl (C=O) groups excluding carboxylic acids is 1. The number of benzene rings is 1. The Morgan fingerprint density at radius 3 is 2.65 bits per heavy atom. The molecule has 5 heteroatoms. The van der Waals surface area contributed by atoms with E-state index in [-0.39, 0.29) is 17.9 Å². The summed E-state index contributed by atoms with van der Waals surface area (Å²) < 4.78 is 0. The van der Waals surface area contributed by atoms with Crippen molar-refractivity contribution in [3.63, 3.8) is 0 Å². The monoisotopic (exact) mass is 312 g/mol. The van der Waals surface area contributed by atoms with Crippen molar-refractivity contribution in [2.24, 2.45) is 11.3 Å². The second kappa shape index (κ2) is 6.97. The quantitative estimate of drug-likeness (QED) is 0.886. The van der Waals surface area contributed by atoms with Gasteiger partial charge in [0, 0.05) is 6.54 Å². The van der Waals surface area contributed by atoms with Gasteiger partial charge in [0.05, 0.1) is 16.1 Å². The van der Waals surface area contributed by atoms with Crippen molar-refractivity contribution in [3.05, 3.63) is 33.8 Å². The van der Waals surface area contributed by atoms with Crippen LogP contribution in [0, 0.1) is 22.7 Å². The molecule has 1 N–H and O–H groups in total. The van der Waals surface area contributed by atoms with Gasteiger partial charge in [-0.25, -0.2) is 0 Å². The molecule has 0 spiro atoms.